The van der Waals surface area contributed by atoms with Crippen molar-refractivity contribution in [3.8, 4) is 0 Å². The first-order valence-electron chi connectivity index (χ1n) is 6.72. The van der Waals surface area contributed by atoms with E-state index in [0.29, 0.717) is 12.5 Å². The van der Waals surface area contributed by atoms with E-state index < -0.39 is 15.9 Å². The van der Waals surface area contributed by atoms with Crippen LogP contribution in [-0.4, -0.2) is 43.2 Å². The maximum absolute atomic E-state index is 11.9. The molecule has 0 fully saturated rings. The molecule has 0 saturated heterocycles. The number of aromatic nitrogens is 2. The Hall–Kier alpha value is -1.45. The monoisotopic (exact) mass is 317 g/mol. The van der Waals surface area contributed by atoms with Crippen LogP contribution in [0.1, 0.15) is 20.3 Å². The quantitative estimate of drug-likeness (QED) is 0.579. The maximum atomic E-state index is 11.9. The van der Waals surface area contributed by atoms with Crippen molar-refractivity contribution in [3.63, 3.8) is 0 Å². The molecule has 1 aromatic rings. The summed E-state index contributed by atoms with van der Waals surface area (Å²) < 4.78 is 27.4. The van der Waals surface area contributed by atoms with Crippen molar-refractivity contribution in [3.05, 3.63) is 12.4 Å². The highest BCUT2D eigenvalue weighted by Crippen LogP contribution is 2.06. The van der Waals surface area contributed by atoms with Crippen molar-refractivity contribution < 1.29 is 13.2 Å². The van der Waals surface area contributed by atoms with Gasteiger partial charge in [-0.25, -0.2) is 13.1 Å². The van der Waals surface area contributed by atoms with E-state index >= 15 is 0 Å². The minimum absolute atomic E-state index is 0.0235. The molecule has 0 aliphatic carbocycles. The Kier molecular flexibility index (Phi) is 6.31. The molecule has 1 unspecified atom stereocenters. The molecule has 21 heavy (non-hydrogen) atoms. The summed E-state index contributed by atoms with van der Waals surface area (Å²) in [6.07, 6.45) is 3.33. The van der Waals surface area contributed by atoms with Crippen LogP contribution in [0.2, 0.25) is 0 Å². The lowest BCUT2D eigenvalue weighted by atomic mass is 10.0. The molecule has 1 rings (SSSR count). The smallest absolute Gasteiger partial charge is 0.244 e. The highest BCUT2D eigenvalue weighted by atomic mass is 32.2. The van der Waals surface area contributed by atoms with Gasteiger partial charge in [0, 0.05) is 25.8 Å². The Labute approximate surface area is 125 Å². The van der Waals surface area contributed by atoms with Crippen LogP contribution >= 0.6 is 0 Å². The molecule has 120 valence electrons. The number of amides is 1. The molecule has 0 aromatic carbocycles. The third-order valence-corrected chi connectivity index (χ3v) is 4.18. The number of nitrogens with one attached hydrogen (secondary N) is 2. The van der Waals surface area contributed by atoms with E-state index in [1.807, 2.05) is 13.8 Å². The summed E-state index contributed by atoms with van der Waals surface area (Å²) in [7, 11) is -2.11. The Morgan fingerprint density at radius 2 is 2.14 bits per heavy atom. The summed E-state index contributed by atoms with van der Waals surface area (Å²) in [5.41, 5.74) is 5.58. The number of aryl methyl sites for hydroxylation is 1. The first-order valence-corrected chi connectivity index (χ1v) is 8.20. The number of carbonyl (C=O) groups excluding carboxylic acids is 1. The summed E-state index contributed by atoms with van der Waals surface area (Å²) in [4.78, 5) is 11.8. The number of nitrogens with two attached hydrogens (primary N) is 1. The predicted octanol–water partition coefficient (Wildman–Crippen LogP) is -0.812. The Morgan fingerprint density at radius 1 is 1.48 bits per heavy atom. The number of hydrogen-bond donors (Lipinski definition) is 3. The summed E-state index contributed by atoms with van der Waals surface area (Å²) in [5.74, 6) is -0.00972. The summed E-state index contributed by atoms with van der Waals surface area (Å²) in [6, 6.07) is -0.152. The number of hydrogen-bond acceptors (Lipinski definition) is 5. The fourth-order valence-electron chi connectivity index (χ4n) is 1.84. The molecular formula is C12H23N5O3S. The summed E-state index contributed by atoms with van der Waals surface area (Å²) in [5, 5.41) is 6.50. The minimum Gasteiger partial charge on any atom is -0.351 e. The molecule has 1 heterocycles. The van der Waals surface area contributed by atoms with Gasteiger partial charge in [0.1, 0.15) is 4.90 Å². The fraction of sp³-hybridized carbons (Fsp3) is 0.667. The molecule has 0 aliphatic heterocycles. The number of carbonyl (C=O) groups is 1. The van der Waals surface area contributed by atoms with Gasteiger partial charge in [-0.2, -0.15) is 5.10 Å². The average molecular weight is 317 g/mol. The zero-order valence-corrected chi connectivity index (χ0v) is 13.4. The van der Waals surface area contributed by atoms with Gasteiger partial charge in [-0.15, -0.1) is 0 Å². The van der Waals surface area contributed by atoms with Crippen molar-refractivity contribution in [1.29, 1.82) is 0 Å². The van der Waals surface area contributed by atoms with Gasteiger partial charge in [0.15, 0.2) is 0 Å². The molecule has 8 nitrogen and oxygen atoms in total. The van der Waals surface area contributed by atoms with Gasteiger partial charge in [0.25, 0.3) is 0 Å². The topological polar surface area (TPSA) is 119 Å². The molecule has 0 spiro atoms. The van der Waals surface area contributed by atoms with E-state index in [-0.39, 0.29) is 17.5 Å². The van der Waals surface area contributed by atoms with Gasteiger partial charge in [0.05, 0.1) is 12.7 Å². The van der Waals surface area contributed by atoms with Crippen LogP contribution in [0.5, 0.6) is 0 Å². The Bertz CT molecular complexity index is 567. The van der Waals surface area contributed by atoms with Gasteiger partial charge < -0.3 is 11.1 Å². The van der Waals surface area contributed by atoms with Crippen LogP contribution < -0.4 is 15.8 Å². The molecule has 1 amide bonds. The Balaban J connectivity index is 2.52. The number of sulfonamides is 1. The Morgan fingerprint density at radius 3 is 2.62 bits per heavy atom. The molecule has 4 N–H and O–H groups in total. The fourth-order valence-corrected chi connectivity index (χ4v) is 2.81. The molecule has 0 aliphatic rings. The van der Waals surface area contributed by atoms with Gasteiger partial charge in [-0.1, -0.05) is 13.8 Å². The van der Waals surface area contributed by atoms with Gasteiger partial charge in [-0.3, -0.25) is 9.48 Å². The van der Waals surface area contributed by atoms with E-state index in [4.69, 9.17) is 5.73 Å². The van der Waals surface area contributed by atoms with E-state index in [9.17, 15) is 13.2 Å². The normalized spacial score (nSPS) is 13.4. The van der Waals surface area contributed by atoms with E-state index in [0.717, 1.165) is 6.42 Å². The third-order valence-electron chi connectivity index (χ3n) is 2.82. The molecule has 9 heteroatoms. The van der Waals surface area contributed by atoms with Crippen LogP contribution in [0.15, 0.2) is 17.3 Å². The molecule has 0 saturated carbocycles. The van der Waals surface area contributed by atoms with Crippen molar-refractivity contribution in [2.24, 2.45) is 18.7 Å². The standard InChI is InChI=1S/C12H23N5O3S/c1-9(2)4-10(5-13)16-12(18)7-15-21(19,20)11-6-14-17(3)8-11/h6,8-10,15H,4-5,7,13H2,1-3H3,(H,16,18). The highest BCUT2D eigenvalue weighted by molar-refractivity contribution is 7.89. The zero-order chi connectivity index (χ0) is 16.0. The van der Waals surface area contributed by atoms with Crippen molar-refractivity contribution >= 4 is 15.9 Å². The second kappa shape index (κ2) is 7.53. The summed E-state index contributed by atoms with van der Waals surface area (Å²) in [6.45, 7) is 4.05. The second-order valence-corrected chi connectivity index (χ2v) is 7.07. The first-order chi connectivity index (χ1) is 9.74. The van der Waals surface area contributed by atoms with Crippen LogP contribution in [0, 0.1) is 5.92 Å². The maximum Gasteiger partial charge on any atom is 0.244 e. The van der Waals surface area contributed by atoms with Crippen LogP contribution in [0.3, 0.4) is 0 Å². The lowest BCUT2D eigenvalue weighted by Gasteiger charge is -2.18. The van der Waals surface area contributed by atoms with Crippen molar-refractivity contribution in [2.45, 2.75) is 31.2 Å². The van der Waals surface area contributed by atoms with E-state index in [1.54, 1.807) is 7.05 Å². The average Bonchev–Trinajstić information content (AvgIpc) is 2.82. The molecule has 0 bridgehead atoms. The largest absolute Gasteiger partial charge is 0.351 e. The van der Waals surface area contributed by atoms with E-state index in [1.165, 1.54) is 17.1 Å². The molecule has 0 radical (unpaired) electrons. The third kappa shape index (κ3) is 5.82. The van der Waals surface area contributed by atoms with Gasteiger partial charge in [-0.05, 0) is 12.3 Å². The van der Waals surface area contributed by atoms with Crippen LogP contribution in [0.25, 0.3) is 0 Å². The van der Waals surface area contributed by atoms with Crippen molar-refractivity contribution in [1.82, 2.24) is 19.8 Å². The molecular weight excluding hydrogens is 294 g/mol. The number of nitrogens with zero attached hydrogens (tertiary/aromatic N) is 2. The molecule has 1 aromatic heterocycles. The lowest BCUT2D eigenvalue weighted by molar-refractivity contribution is -0.120. The van der Waals surface area contributed by atoms with Gasteiger partial charge >= 0.3 is 0 Å². The van der Waals surface area contributed by atoms with Gasteiger partial charge in [0.2, 0.25) is 15.9 Å². The van der Waals surface area contributed by atoms with Crippen LogP contribution in [-0.2, 0) is 21.9 Å². The first kappa shape index (κ1) is 17.6. The predicted molar refractivity (Wildman–Crippen MR) is 78.8 cm³/mol. The second-order valence-electron chi connectivity index (χ2n) is 5.30. The summed E-state index contributed by atoms with van der Waals surface area (Å²) >= 11 is 0. The minimum atomic E-state index is -3.73. The van der Waals surface area contributed by atoms with E-state index in [2.05, 4.69) is 15.1 Å². The lowest BCUT2D eigenvalue weighted by Crippen LogP contribution is -2.45. The molecule has 1 atom stereocenters. The van der Waals surface area contributed by atoms with Crippen LogP contribution in [0.4, 0.5) is 0 Å². The zero-order valence-electron chi connectivity index (χ0n) is 12.5. The highest BCUT2D eigenvalue weighted by Gasteiger charge is 2.18. The van der Waals surface area contributed by atoms with Crippen molar-refractivity contribution in [2.75, 3.05) is 13.1 Å². The number of rotatable bonds is 8. The SMILES string of the molecule is CC(C)CC(CN)NC(=O)CNS(=O)(=O)c1cnn(C)c1.